The highest BCUT2D eigenvalue weighted by Gasteiger charge is 2.40. The Morgan fingerprint density at radius 3 is 2.46 bits per heavy atom. The summed E-state index contributed by atoms with van der Waals surface area (Å²) in [7, 11) is 0. The molecule has 6 nitrogen and oxygen atoms in total. The summed E-state index contributed by atoms with van der Waals surface area (Å²) < 4.78 is 0. The molecule has 1 aliphatic carbocycles. The second kappa shape index (κ2) is 7.99. The monoisotopic (exact) mass is 338 g/mol. The molecule has 2 rings (SSSR count). The van der Waals surface area contributed by atoms with E-state index in [-0.39, 0.29) is 30.2 Å². The molecule has 0 bridgehead atoms. The molecule has 0 radical (unpaired) electrons. The number of nitrogens with one attached hydrogen (secondary N) is 1. The van der Waals surface area contributed by atoms with Crippen molar-refractivity contribution in [2.75, 3.05) is 6.54 Å². The predicted octanol–water partition coefficient (Wildman–Crippen LogP) is 2.03. The van der Waals surface area contributed by atoms with Crippen LogP contribution in [0.15, 0.2) is 0 Å². The van der Waals surface area contributed by atoms with Crippen LogP contribution in [0.4, 0.5) is 0 Å². The van der Waals surface area contributed by atoms with E-state index in [9.17, 15) is 19.5 Å². The lowest BCUT2D eigenvalue weighted by atomic mass is 9.86. The van der Waals surface area contributed by atoms with Crippen molar-refractivity contribution in [1.82, 2.24) is 10.2 Å². The van der Waals surface area contributed by atoms with Crippen LogP contribution in [0.25, 0.3) is 0 Å². The molecule has 3 atom stereocenters. The lowest BCUT2D eigenvalue weighted by molar-refractivity contribution is -0.144. The van der Waals surface area contributed by atoms with Gasteiger partial charge < -0.3 is 15.3 Å². The Balaban J connectivity index is 1.94. The van der Waals surface area contributed by atoms with Gasteiger partial charge in [-0.05, 0) is 37.5 Å². The van der Waals surface area contributed by atoms with Crippen LogP contribution in [0.1, 0.15) is 59.3 Å². The maximum absolute atomic E-state index is 12.5. The van der Waals surface area contributed by atoms with Gasteiger partial charge in [-0.25, -0.2) is 4.79 Å². The highest BCUT2D eigenvalue weighted by Crippen LogP contribution is 2.31. The Bertz CT molecular complexity index is 485. The summed E-state index contributed by atoms with van der Waals surface area (Å²) >= 11 is 0. The van der Waals surface area contributed by atoms with E-state index in [1.807, 2.05) is 18.7 Å². The summed E-state index contributed by atoms with van der Waals surface area (Å²) in [6.45, 7) is 6.38. The molecular weight excluding hydrogens is 308 g/mol. The van der Waals surface area contributed by atoms with E-state index in [0.717, 1.165) is 25.7 Å². The first-order valence-corrected chi connectivity index (χ1v) is 9.16. The molecule has 0 aromatic heterocycles. The van der Waals surface area contributed by atoms with Crippen molar-refractivity contribution >= 4 is 17.8 Å². The van der Waals surface area contributed by atoms with Gasteiger partial charge in [-0.3, -0.25) is 9.59 Å². The van der Waals surface area contributed by atoms with Gasteiger partial charge >= 0.3 is 5.97 Å². The summed E-state index contributed by atoms with van der Waals surface area (Å²) in [6, 6.07) is -0.640. The molecular formula is C18H30N2O4. The number of hydrogen-bond acceptors (Lipinski definition) is 3. The Kier molecular flexibility index (Phi) is 6.24. The second-order valence-electron chi connectivity index (χ2n) is 7.57. The zero-order valence-corrected chi connectivity index (χ0v) is 15.0. The minimum absolute atomic E-state index is 0.0325. The Morgan fingerprint density at radius 1 is 1.29 bits per heavy atom. The molecule has 0 aromatic rings. The third-order valence-electron chi connectivity index (χ3n) is 5.73. The standard InChI is InChI=1S/C18H30N2O4/c1-4-12(3)16(18(23)24)19-17(22)13-9-15(21)20(10-13)14-7-5-11(2)6-8-14/h11-14,16H,4-10H2,1-3H3,(H,19,22)(H,23,24)/t11?,12-,13?,14?,16-/m0/s1. The average molecular weight is 338 g/mol. The summed E-state index contributed by atoms with van der Waals surface area (Å²) in [5.74, 6) is -1.14. The van der Waals surface area contributed by atoms with E-state index in [0.29, 0.717) is 18.9 Å². The van der Waals surface area contributed by atoms with Crippen molar-refractivity contribution in [2.24, 2.45) is 17.8 Å². The van der Waals surface area contributed by atoms with Crippen molar-refractivity contribution in [1.29, 1.82) is 0 Å². The molecule has 0 aromatic carbocycles. The minimum Gasteiger partial charge on any atom is -0.480 e. The Morgan fingerprint density at radius 2 is 1.92 bits per heavy atom. The molecule has 24 heavy (non-hydrogen) atoms. The van der Waals surface area contributed by atoms with E-state index >= 15 is 0 Å². The van der Waals surface area contributed by atoms with Crippen molar-refractivity contribution in [3.8, 4) is 0 Å². The van der Waals surface area contributed by atoms with Crippen molar-refractivity contribution in [2.45, 2.75) is 71.4 Å². The second-order valence-corrected chi connectivity index (χ2v) is 7.57. The van der Waals surface area contributed by atoms with Crippen LogP contribution in [0.2, 0.25) is 0 Å². The van der Waals surface area contributed by atoms with E-state index in [2.05, 4.69) is 12.2 Å². The highest BCUT2D eigenvalue weighted by molar-refractivity contribution is 5.91. The third-order valence-corrected chi connectivity index (χ3v) is 5.73. The highest BCUT2D eigenvalue weighted by atomic mass is 16.4. The van der Waals surface area contributed by atoms with Gasteiger partial charge in [0.05, 0.1) is 5.92 Å². The number of nitrogens with zero attached hydrogens (tertiary/aromatic N) is 1. The number of carboxylic acids is 1. The summed E-state index contributed by atoms with van der Waals surface area (Å²) in [4.78, 5) is 38.0. The summed E-state index contributed by atoms with van der Waals surface area (Å²) in [5, 5.41) is 11.9. The maximum atomic E-state index is 12.5. The Labute approximate surface area is 144 Å². The zero-order valence-electron chi connectivity index (χ0n) is 15.0. The molecule has 2 amide bonds. The molecule has 1 saturated heterocycles. The lowest BCUT2D eigenvalue weighted by Gasteiger charge is -2.33. The fraction of sp³-hybridized carbons (Fsp3) is 0.833. The number of carbonyl (C=O) groups is 3. The fourth-order valence-corrected chi connectivity index (χ4v) is 3.77. The minimum atomic E-state index is -1.01. The number of carbonyl (C=O) groups excluding carboxylic acids is 2. The van der Waals surface area contributed by atoms with Gasteiger partial charge in [0.15, 0.2) is 0 Å². The van der Waals surface area contributed by atoms with Crippen molar-refractivity contribution in [3.05, 3.63) is 0 Å². The SMILES string of the molecule is CC[C@H](C)[C@H](NC(=O)C1CC(=O)N(C2CCC(C)CC2)C1)C(=O)O. The maximum Gasteiger partial charge on any atom is 0.326 e. The number of hydrogen-bond donors (Lipinski definition) is 2. The quantitative estimate of drug-likeness (QED) is 0.776. The number of likely N-dealkylation sites (tertiary alicyclic amines) is 1. The smallest absolute Gasteiger partial charge is 0.326 e. The number of carboxylic acid groups (broad SMARTS) is 1. The van der Waals surface area contributed by atoms with Gasteiger partial charge in [0.2, 0.25) is 11.8 Å². The molecule has 1 saturated carbocycles. The zero-order chi connectivity index (χ0) is 17.9. The van der Waals surface area contributed by atoms with Gasteiger partial charge in [-0.2, -0.15) is 0 Å². The van der Waals surface area contributed by atoms with Crippen molar-refractivity contribution < 1.29 is 19.5 Å². The molecule has 136 valence electrons. The van der Waals surface area contributed by atoms with Gasteiger partial charge in [0.25, 0.3) is 0 Å². The molecule has 1 aliphatic heterocycles. The van der Waals surface area contributed by atoms with Crippen LogP contribution in [-0.2, 0) is 14.4 Å². The molecule has 2 fully saturated rings. The van der Waals surface area contributed by atoms with Crippen LogP contribution < -0.4 is 5.32 Å². The van der Waals surface area contributed by atoms with Crippen molar-refractivity contribution in [3.63, 3.8) is 0 Å². The first-order chi connectivity index (χ1) is 11.3. The van der Waals surface area contributed by atoms with Crippen LogP contribution in [0, 0.1) is 17.8 Å². The molecule has 1 heterocycles. The molecule has 6 heteroatoms. The summed E-state index contributed by atoms with van der Waals surface area (Å²) in [5.41, 5.74) is 0. The van der Waals surface area contributed by atoms with Gasteiger partial charge in [0, 0.05) is 19.0 Å². The van der Waals surface area contributed by atoms with Crippen LogP contribution in [-0.4, -0.2) is 46.4 Å². The predicted molar refractivity (Wildman–Crippen MR) is 90.3 cm³/mol. The van der Waals surface area contributed by atoms with E-state index in [1.54, 1.807) is 0 Å². The van der Waals surface area contributed by atoms with Crippen LogP contribution in [0.3, 0.4) is 0 Å². The topological polar surface area (TPSA) is 86.7 Å². The van der Waals surface area contributed by atoms with E-state index < -0.39 is 17.9 Å². The molecule has 2 aliphatic rings. The first-order valence-electron chi connectivity index (χ1n) is 9.16. The van der Waals surface area contributed by atoms with Gasteiger partial charge in [0.1, 0.15) is 6.04 Å². The van der Waals surface area contributed by atoms with Crippen LogP contribution >= 0.6 is 0 Å². The number of aliphatic carboxylic acids is 1. The normalized spacial score (nSPS) is 30.0. The Hall–Kier alpha value is -1.59. The third kappa shape index (κ3) is 4.28. The lowest BCUT2D eigenvalue weighted by Crippen LogP contribution is -2.48. The van der Waals surface area contributed by atoms with Crippen LogP contribution in [0.5, 0.6) is 0 Å². The number of rotatable bonds is 6. The number of amides is 2. The fourth-order valence-electron chi connectivity index (χ4n) is 3.77. The molecule has 2 N–H and O–H groups in total. The molecule has 1 unspecified atom stereocenters. The molecule has 0 spiro atoms. The first kappa shape index (κ1) is 18.7. The van der Waals surface area contributed by atoms with E-state index in [1.165, 1.54) is 0 Å². The van der Waals surface area contributed by atoms with E-state index in [4.69, 9.17) is 0 Å². The summed E-state index contributed by atoms with van der Waals surface area (Å²) in [6.07, 6.45) is 5.14. The van der Waals surface area contributed by atoms with Gasteiger partial charge in [-0.1, -0.05) is 27.2 Å². The van der Waals surface area contributed by atoms with Gasteiger partial charge in [-0.15, -0.1) is 0 Å². The average Bonchev–Trinajstić information content (AvgIpc) is 2.94. The largest absolute Gasteiger partial charge is 0.480 e.